The van der Waals surface area contributed by atoms with Crippen LogP contribution < -0.4 is 0 Å². The second kappa shape index (κ2) is 15.7. The van der Waals surface area contributed by atoms with Crippen LogP contribution in [0.4, 0.5) is 0 Å². The van der Waals surface area contributed by atoms with E-state index in [4.69, 9.17) is 0 Å². The van der Waals surface area contributed by atoms with Gasteiger partial charge in [0.2, 0.25) is 0 Å². The quantitative estimate of drug-likeness (QED) is 0.511. The van der Waals surface area contributed by atoms with Gasteiger partial charge in [0.05, 0.1) is 0 Å². The molecular formula is CeLaSSm. The van der Waals surface area contributed by atoms with Crippen molar-refractivity contribution >= 4 is 6.08 Å². The predicted molar refractivity (Wildman–Crippen MR) is 7.59 cm³/mol. The van der Waals surface area contributed by atoms with Crippen LogP contribution in [0.1, 0.15) is 0 Å². The summed E-state index contributed by atoms with van der Waals surface area (Å²) in [6, 6.07) is 0. The van der Waals surface area contributed by atoms with Gasteiger partial charge in [-0.05, 0) is 0 Å². The monoisotopic (exact) mass is 463 g/mol. The van der Waals surface area contributed by atoms with Crippen LogP contribution in [0.15, 0.2) is 0 Å². The normalized spacial score (nSPS) is 1.00. The summed E-state index contributed by atoms with van der Waals surface area (Å²) in [4.78, 5) is 0. The molecule has 0 bridgehead atoms. The first kappa shape index (κ1) is 15.7. The van der Waals surface area contributed by atoms with Gasteiger partial charge in [-0.15, -0.1) is 0 Å². The Hall–Kier alpha value is 4.13. The molecule has 0 aliphatic rings. The molecule has 0 unspecified atom stereocenters. The summed E-state index contributed by atoms with van der Waals surface area (Å²) in [5.41, 5.74) is 0. The van der Waals surface area contributed by atoms with E-state index in [0.29, 0.717) is 0 Å². The maximum absolute atomic E-state index is 4.17. The molecule has 4 heavy (non-hydrogen) atoms. The zero-order chi connectivity index (χ0) is 2.00. The Labute approximate surface area is 115 Å². The minimum atomic E-state index is 0. The summed E-state index contributed by atoms with van der Waals surface area (Å²) in [6.07, 6.45) is 4.17. The number of hydrogen-bond acceptors (Lipinski definition) is 1. The molecule has 0 aromatic carbocycles. The Morgan fingerprint density at radius 2 is 1.25 bits per heavy atom. The van der Waals surface area contributed by atoms with E-state index in [9.17, 15) is 0 Å². The molecule has 0 saturated heterocycles. The molecule has 0 spiro atoms. The van der Waals surface area contributed by atoms with Crippen LogP contribution in [0.25, 0.3) is 0 Å². The van der Waals surface area contributed by atoms with Crippen LogP contribution in [-0.2, 0) is 0 Å². The van der Waals surface area contributed by atoms with E-state index in [1.807, 2.05) is 0 Å². The second-order valence-corrected chi connectivity index (χ2v) is 0. The molecular weight excluding hydrogens is 461 g/mol. The van der Waals surface area contributed by atoms with Crippen molar-refractivity contribution < 1.29 is 113 Å². The molecule has 1 radical (unpaired) electrons. The fourth-order valence-electron chi connectivity index (χ4n) is 0. The zero-order valence-corrected chi connectivity index (χ0v) is 12.1. The molecule has 0 rings (SSSR count). The summed E-state index contributed by atoms with van der Waals surface area (Å²) in [7, 11) is 0. The Morgan fingerprint density at radius 3 is 1.25 bits per heavy atom. The van der Waals surface area contributed by atoms with Crippen molar-refractivity contribution in [3.63, 3.8) is 0 Å². The molecule has 0 fully saturated rings. The van der Waals surface area contributed by atoms with Crippen LogP contribution in [0.2, 0.25) is 0 Å². The summed E-state index contributed by atoms with van der Waals surface area (Å²) in [6.45, 7) is 0. The first-order valence-electron chi connectivity index (χ1n) is 0.167. The fourth-order valence-corrected chi connectivity index (χ4v) is 0. The molecule has 0 N–H and O–H groups in total. The molecule has 0 amide bonds. The molecule has 0 aliphatic carbocycles. The first-order chi connectivity index (χ1) is 1.00. The summed E-state index contributed by atoms with van der Waals surface area (Å²) in [5, 5.41) is 0. The van der Waals surface area contributed by atoms with Crippen LogP contribution in [0.3, 0.4) is 0 Å². The number of rotatable bonds is 0. The van der Waals surface area contributed by atoms with Crippen molar-refractivity contribution in [2.75, 3.05) is 0 Å². The van der Waals surface area contributed by atoms with Crippen LogP contribution in [0.5, 0.6) is 0 Å². The van der Waals surface area contributed by atoms with Gasteiger partial charge >= 0.3 is 41.9 Å². The number of hydrogen-bond donors (Lipinski definition) is 0. The van der Waals surface area contributed by atoms with Gasteiger partial charge in [-0.2, -0.15) is 0 Å². The average Bonchev–Trinajstić information content (AvgIpc) is 1.00. The van der Waals surface area contributed by atoms with Crippen molar-refractivity contribution in [3.05, 3.63) is 0 Å². The Morgan fingerprint density at radius 1 is 1.25 bits per heavy atom. The predicted octanol–water partition coefficient (Wildman–Crippen LogP) is 0.648. The topological polar surface area (TPSA) is 0 Å². The maximum atomic E-state index is 4.17. The van der Waals surface area contributed by atoms with E-state index >= 15 is 0 Å². The van der Waals surface area contributed by atoms with Crippen molar-refractivity contribution in [3.8, 4) is 0 Å². The van der Waals surface area contributed by atoms with Crippen molar-refractivity contribution in [2.24, 2.45) is 0 Å². The molecule has 0 aromatic rings. The van der Waals surface area contributed by atoms with E-state index in [2.05, 4.69) is 6.08 Å². The Kier molecular flexibility index (Phi) is 61.7. The van der Waals surface area contributed by atoms with Crippen molar-refractivity contribution in [1.82, 2.24) is 0 Å². The molecule has 0 atom stereocenters. The van der Waals surface area contributed by atoms with Crippen LogP contribution in [-0.4, -0.2) is 0 Å². The van der Waals surface area contributed by atoms with Gasteiger partial charge in [-0.25, -0.2) is 0 Å². The zero-order valence-electron chi connectivity index (χ0n) is 1.89. The standard InChI is InChI=1S/Ce.La.S.Sm. The van der Waals surface area contributed by atoms with E-state index in [-0.39, 0.29) is 77.3 Å². The summed E-state index contributed by atoms with van der Waals surface area (Å²) in [5.74, 6) is 0. The first-order valence-corrected chi connectivity index (χ1v) is 3.71. The molecule has 0 heterocycles. The van der Waals surface area contributed by atoms with E-state index in [0.717, 1.165) is 0 Å². The third-order valence-electron chi connectivity index (χ3n) is 0. The second-order valence-electron chi connectivity index (χ2n) is 0. The molecule has 0 aliphatic heterocycles. The summed E-state index contributed by atoms with van der Waals surface area (Å²) < 4.78 is 0. The van der Waals surface area contributed by atoms with Gasteiger partial charge in [-0.3, -0.25) is 0 Å². The van der Waals surface area contributed by atoms with Gasteiger partial charge in [0, 0.05) is 77.3 Å². The summed E-state index contributed by atoms with van der Waals surface area (Å²) >= 11 is 1.17. The fraction of sp³-hybridized carbons (Fsp3) is 0. The van der Waals surface area contributed by atoms with Crippen LogP contribution in [0, 0.1) is 113 Å². The third kappa shape index (κ3) is 9.46. The molecule has 4 heteroatoms. The van der Waals surface area contributed by atoms with Gasteiger partial charge in [0.25, 0.3) is 0 Å². The van der Waals surface area contributed by atoms with Crippen molar-refractivity contribution in [2.45, 2.75) is 0 Å². The van der Waals surface area contributed by atoms with Gasteiger partial charge in [0.15, 0.2) is 0 Å². The molecule has 0 aromatic heterocycles. The minimum absolute atomic E-state index is 0. The Balaban J connectivity index is -0.00000000500. The SMILES string of the molecule is [Ce].[La].[S]=[Sm]. The van der Waals surface area contributed by atoms with Crippen LogP contribution >= 0.6 is 6.08 Å². The van der Waals surface area contributed by atoms with E-state index in [1.54, 1.807) is 0 Å². The molecule has 0 nitrogen and oxygen atoms in total. The van der Waals surface area contributed by atoms with Gasteiger partial charge < -0.3 is 0 Å². The average molecular weight is 461 g/mol. The van der Waals surface area contributed by atoms with E-state index in [1.165, 1.54) is 35.8 Å². The van der Waals surface area contributed by atoms with Crippen molar-refractivity contribution in [1.29, 1.82) is 0 Å². The van der Waals surface area contributed by atoms with Gasteiger partial charge in [0.1, 0.15) is 0 Å². The Bertz CT molecular complexity index is 8.00. The third-order valence-corrected chi connectivity index (χ3v) is 0. The van der Waals surface area contributed by atoms with E-state index < -0.39 is 0 Å². The molecule has 19 valence electrons. The van der Waals surface area contributed by atoms with Gasteiger partial charge in [-0.1, -0.05) is 0 Å². The molecule has 0 saturated carbocycles.